The number of hydrogen-bond donors (Lipinski definition) is 2. The van der Waals surface area contributed by atoms with Crippen molar-refractivity contribution in [2.45, 2.75) is 30.7 Å². The van der Waals surface area contributed by atoms with E-state index < -0.39 is 5.25 Å². The van der Waals surface area contributed by atoms with Crippen molar-refractivity contribution in [3.63, 3.8) is 0 Å². The number of aromatic nitrogens is 2. The molecule has 0 bridgehead atoms. The lowest BCUT2D eigenvalue weighted by Gasteiger charge is -2.14. The number of Topliss-reactive ketones (excluding diaryl/α,β-unsaturated/α-hetero) is 1. The second kappa shape index (κ2) is 8.18. The van der Waals surface area contributed by atoms with Crippen LogP contribution in [0, 0.1) is 0 Å². The molecule has 0 aliphatic heterocycles. The number of thioether (sulfide) groups is 1. The van der Waals surface area contributed by atoms with Crippen LogP contribution in [0.25, 0.3) is 10.9 Å². The Kier molecular flexibility index (Phi) is 5.71. The average molecular weight is 381 g/mol. The summed E-state index contributed by atoms with van der Waals surface area (Å²) in [5.74, 6) is -0.213. The molecule has 0 radical (unpaired) electrons. The third-order valence-corrected chi connectivity index (χ3v) is 5.32. The molecular formula is C20H19N3O3S. The van der Waals surface area contributed by atoms with Gasteiger partial charge in [-0.1, -0.05) is 30.8 Å². The Labute approximate surface area is 160 Å². The van der Waals surface area contributed by atoms with Crippen molar-refractivity contribution >= 4 is 40.0 Å². The molecule has 1 heterocycles. The number of hydrogen-bond acceptors (Lipinski definition) is 5. The van der Waals surface area contributed by atoms with Gasteiger partial charge < -0.3 is 10.3 Å². The lowest BCUT2D eigenvalue weighted by Crippen LogP contribution is -2.25. The Morgan fingerprint density at radius 2 is 1.85 bits per heavy atom. The SMILES string of the molecule is CCC(Sc1nc2ccccc2c(=O)[nH]1)C(=O)Nc1ccc(C(C)=O)cc1. The quantitative estimate of drug-likeness (QED) is 0.386. The standard InChI is InChI=1S/C20H19N3O3S/c1-3-17(19(26)21-14-10-8-13(9-11-14)12(2)24)27-20-22-16-7-5-4-6-15(16)18(25)23-20/h4-11,17H,3H2,1-2H3,(H,21,26)(H,22,23,25). The van der Waals surface area contributed by atoms with Gasteiger partial charge in [0.2, 0.25) is 5.91 Å². The molecule has 7 heteroatoms. The topological polar surface area (TPSA) is 91.9 Å². The summed E-state index contributed by atoms with van der Waals surface area (Å²) in [6, 6.07) is 13.8. The molecule has 1 unspecified atom stereocenters. The minimum atomic E-state index is -0.415. The first-order valence-electron chi connectivity index (χ1n) is 8.55. The van der Waals surface area contributed by atoms with E-state index >= 15 is 0 Å². The Hall–Kier alpha value is -2.93. The maximum Gasteiger partial charge on any atom is 0.259 e. The van der Waals surface area contributed by atoms with Crippen molar-refractivity contribution in [2.24, 2.45) is 0 Å². The Morgan fingerprint density at radius 1 is 1.15 bits per heavy atom. The van der Waals surface area contributed by atoms with Crippen molar-refractivity contribution < 1.29 is 9.59 Å². The third-order valence-electron chi connectivity index (χ3n) is 4.07. The van der Waals surface area contributed by atoms with Crippen LogP contribution in [0.4, 0.5) is 5.69 Å². The number of anilines is 1. The van der Waals surface area contributed by atoms with Crippen LogP contribution in [0.1, 0.15) is 30.6 Å². The molecular weight excluding hydrogens is 362 g/mol. The normalized spacial score (nSPS) is 11.9. The van der Waals surface area contributed by atoms with Crippen molar-refractivity contribution in [1.82, 2.24) is 9.97 Å². The summed E-state index contributed by atoms with van der Waals surface area (Å²) >= 11 is 1.22. The molecule has 138 valence electrons. The smallest absolute Gasteiger partial charge is 0.259 e. The molecule has 1 amide bonds. The van der Waals surface area contributed by atoms with Crippen LogP contribution < -0.4 is 10.9 Å². The molecule has 0 fully saturated rings. The molecule has 0 aliphatic rings. The number of ketones is 1. The van der Waals surface area contributed by atoms with Crippen LogP contribution in [-0.4, -0.2) is 26.9 Å². The minimum Gasteiger partial charge on any atom is -0.325 e. The summed E-state index contributed by atoms with van der Waals surface area (Å²) in [4.78, 5) is 43.3. The van der Waals surface area contributed by atoms with Gasteiger partial charge in [-0.2, -0.15) is 0 Å². The van der Waals surface area contributed by atoms with Gasteiger partial charge in [0.05, 0.1) is 16.2 Å². The lowest BCUT2D eigenvalue weighted by atomic mass is 10.1. The van der Waals surface area contributed by atoms with Gasteiger partial charge >= 0.3 is 0 Å². The second-order valence-electron chi connectivity index (χ2n) is 6.03. The summed E-state index contributed by atoms with van der Waals surface area (Å²) in [5.41, 5.74) is 1.58. The highest BCUT2D eigenvalue weighted by Gasteiger charge is 2.20. The molecule has 6 nitrogen and oxygen atoms in total. The predicted molar refractivity (Wildman–Crippen MR) is 107 cm³/mol. The van der Waals surface area contributed by atoms with Gasteiger partial charge in [-0.05, 0) is 49.7 Å². The summed E-state index contributed by atoms with van der Waals surface area (Å²) < 4.78 is 0. The second-order valence-corrected chi connectivity index (χ2v) is 7.22. The molecule has 0 spiro atoms. The van der Waals surface area contributed by atoms with E-state index in [-0.39, 0.29) is 17.2 Å². The molecule has 3 rings (SSSR count). The van der Waals surface area contributed by atoms with E-state index in [1.165, 1.54) is 18.7 Å². The van der Waals surface area contributed by atoms with E-state index in [2.05, 4.69) is 15.3 Å². The molecule has 0 saturated carbocycles. The predicted octanol–water partition coefficient (Wildman–Crippen LogP) is 3.64. The van der Waals surface area contributed by atoms with Gasteiger partial charge in [-0.25, -0.2) is 4.98 Å². The van der Waals surface area contributed by atoms with Crippen LogP contribution in [0.15, 0.2) is 58.5 Å². The van der Waals surface area contributed by atoms with E-state index in [4.69, 9.17) is 0 Å². The number of amides is 1. The molecule has 2 N–H and O–H groups in total. The highest BCUT2D eigenvalue weighted by molar-refractivity contribution is 8.00. The first-order valence-corrected chi connectivity index (χ1v) is 9.43. The van der Waals surface area contributed by atoms with Gasteiger partial charge in [0, 0.05) is 11.3 Å². The number of aromatic amines is 1. The molecule has 0 aliphatic carbocycles. The number of para-hydroxylation sites is 1. The summed E-state index contributed by atoms with van der Waals surface area (Å²) in [6.45, 7) is 3.39. The van der Waals surface area contributed by atoms with Crippen LogP contribution >= 0.6 is 11.8 Å². The lowest BCUT2D eigenvalue weighted by molar-refractivity contribution is -0.115. The summed E-state index contributed by atoms with van der Waals surface area (Å²) in [7, 11) is 0. The Morgan fingerprint density at radius 3 is 2.52 bits per heavy atom. The fourth-order valence-corrected chi connectivity index (χ4v) is 3.49. The van der Waals surface area contributed by atoms with E-state index in [1.54, 1.807) is 42.5 Å². The zero-order valence-electron chi connectivity index (χ0n) is 15.0. The van der Waals surface area contributed by atoms with E-state index in [1.807, 2.05) is 13.0 Å². The Bertz CT molecular complexity index is 1040. The van der Waals surface area contributed by atoms with Gasteiger partial charge in [-0.15, -0.1) is 0 Å². The van der Waals surface area contributed by atoms with Crippen LogP contribution in [0.5, 0.6) is 0 Å². The van der Waals surface area contributed by atoms with Crippen LogP contribution in [0.2, 0.25) is 0 Å². The van der Waals surface area contributed by atoms with Crippen molar-refractivity contribution in [1.29, 1.82) is 0 Å². The van der Waals surface area contributed by atoms with Crippen molar-refractivity contribution in [2.75, 3.05) is 5.32 Å². The number of nitrogens with one attached hydrogen (secondary N) is 2. The minimum absolute atomic E-state index is 0.0267. The largest absolute Gasteiger partial charge is 0.325 e. The fraction of sp³-hybridized carbons (Fsp3) is 0.200. The zero-order chi connectivity index (χ0) is 19.4. The maximum absolute atomic E-state index is 12.6. The molecule has 2 aromatic carbocycles. The molecule has 1 atom stereocenters. The van der Waals surface area contributed by atoms with E-state index in [0.717, 1.165) is 0 Å². The third kappa shape index (κ3) is 4.43. The van der Waals surface area contributed by atoms with E-state index in [9.17, 15) is 14.4 Å². The fourth-order valence-electron chi connectivity index (χ4n) is 2.59. The number of H-pyrrole nitrogens is 1. The summed E-state index contributed by atoms with van der Waals surface area (Å²) in [5, 5.41) is 3.35. The first kappa shape index (κ1) is 18.8. The summed E-state index contributed by atoms with van der Waals surface area (Å²) in [6.07, 6.45) is 0.568. The van der Waals surface area contributed by atoms with Gasteiger partial charge in [0.15, 0.2) is 10.9 Å². The average Bonchev–Trinajstić information content (AvgIpc) is 2.66. The van der Waals surface area contributed by atoms with Crippen LogP contribution in [-0.2, 0) is 4.79 Å². The number of rotatable bonds is 6. The Balaban J connectivity index is 1.75. The zero-order valence-corrected chi connectivity index (χ0v) is 15.8. The van der Waals surface area contributed by atoms with E-state index in [0.29, 0.717) is 33.7 Å². The molecule has 0 saturated heterocycles. The first-order chi connectivity index (χ1) is 13.0. The van der Waals surface area contributed by atoms with Gasteiger partial charge in [0.1, 0.15) is 0 Å². The van der Waals surface area contributed by atoms with Gasteiger partial charge in [-0.3, -0.25) is 14.4 Å². The van der Waals surface area contributed by atoms with Crippen LogP contribution in [0.3, 0.4) is 0 Å². The number of fused-ring (bicyclic) bond motifs is 1. The van der Waals surface area contributed by atoms with Crippen molar-refractivity contribution in [3.8, 4) is 0 Å². The monoisotopic (exact) mass is 381 g/mol. The number of carbonyl (C=O) groups is 2. The highest BCUT2D eigenvalue weighted by atomic mass is 32.2. The van der Waals surface area contributed by atoms with Crippen molar-refractivity contribution in [3.05, 3.63) is 64.4 Å². The number of carbonyl (C=O) groups excluding carboxylic acids is 2. The molecule has 27 heavy (non-hydrogen) atoms. The molecule has 3 aromatic rings. The van der Waals surface area contributed by atoms with Gasteiger partial charge in [0.25, 0.3) is 5.56 Å². The molecule has 1 aromatic heterocycles. The number of nitrogens with zero attached hydrogens (tertiary/aromatic N) is 1. The maximum atomic E-state index is 12.6. The number of benzene rings is 2. The highest BCUT2D eigenvalue weighted by Crippen LogP contribution is 2.24.